The highest BCUT2D eigenvalue weighted by atomic mass is 19.1. The molecule has 0 saturated heterocycles. The highest BCUT2D eigenvalue weighted by Crippen LogP contribution is 2.24. The fourth-order valence-corrected chi connectivity index (χ4v) is 2.89. The molecule has 0 radical (unpaired) electrons. The van der Waals surface area contributed by atoms with Gasteiger partial charge < -0.3 is 26.2 Å². The number of nitrogens with one attached hydrogen (secondary N) is 2. The summed E-state index contributed by atoms with van der Waals surface area (Å²) < 4.78 is 20.5. The molecule has 0 amide bonds. The van der Waals surface area contributed by atoms with Crippen molar-refractivity contribution >= 4 is 23.4 Å². The number of nitrogen functional groups attached to an aromatic ring is 1. The third-order valence-electron chi connectivity index (χ3n) is 4.25. The second-order valence-corrected chi connectivity index (χ2v) is 7.09. The number of methoxy groups -OCH3 is 1. The molecule has 1 atom stereocenters. The molecule has 10 nitrogen and oxygen atoms in total. The normalized spacial score (nSPS) is 12.1. The third kappa shape index (κ3) is 5.11. The first-order valence-corrected chi connectivity index (χ1v) is 9.42. The van der Waals surface area contributed by atoms with Crippen molar-refractivity contribution in [1.29, 1.82) is 0 Å². The van der Waals surface area contributed by atoms with Gasteiger partial charge in [-0.05, 0) is 24.5 Å². The molecule has 1 unspecified atom stereocenters. The molecule has 0 spiro atoms. The Labute approximate surface area is 173 Å². The van der Waals surface area contributed by atoms with Crippen LogP contribution in [0.25, 0.3) is 5.82 Å². The standard InChI is InChI=1S/C19H25FN8O2/c1-11(2)6-12(9-29)24-16-8-17(23-10-22-16)28-18(21)26-19(27-28)25-15-5-4-13(30-3)7-14(15)20/h4-5,7-8,10-12,29H,6,9H2,1-3H3,(H,22,23,24)(H3,21,25,26,27). The summed E-state index contributed by atoms with van der Waals surface area (Å²) in [7, 11) is 1.46. The summed E-state index contributed by atoms with van der Waals surface area (Å²) in [5, 5.41) is 19.8. The van der Waals surface area contributed by atoms with Crippen LogP contribution < -0.4 is 21.1 Å². The molecule has 0 fully saturated rings. The van der Waals surface area contributed by atoms with E-state index in [1.165, 1.54) is 30.3 Å². The molecule has 0 aliphatic carbocycles. The fraction of sp³-hybridized carbons (Fsp3) is 0.368. The maximum Gasteiger partial charge on any atom is 0.248 e. The highest BCUT2D eigenvalue weighted by molar-refractivity contribution is 5.57. The summed E-state index contributed by atoms with van der Waals surface area (Å²) in [6, 6.07) is 5.88. The highest BCUT2D eigenvalue weighted by Gasteiger charge is 2.15. The van der Waals surface area contributed by atoms with Crippen LogP contribution in [0.4, 0.5) is 27.8 Å². The van der Waals surface area contributed by atoms with Gasteiger partial charge in [-0.3, -0.25) is 0 Å². The summed E-state index contributed by atoms with van der Waals surface area (Å²) in [6.07, 6.45) is 2.14. The minimum Gasteiger partial charge on any atom is -0.497 e. The van der Waals surface area contributed by atoms with E-state index in [1.807, 2.05) is 0 Å². The summed E-state index contributed by atoms with van der Waals surface area (Å²) in [5.74, 6) is 1.37. The number of aliphatic hydroxyl groups is 1. The lowest BCUT2D eigenvalue weighted by Crippen LogP contribution is -2.26. The number of nitrogens with zero attached hydrogens (tertiary/aromatic N) is 5. The number of hydrogen-bond donors (Lipinski definition) is 4. The van der Waals surface area contributed by atoms with E-state index >= 15 is 0 Å². The lowest BCUT2D eigenvalue weighted by Gasteiger charge is -2.18. The van der Waals surface area contributed by atoms with E-state index in [0.29, 0.717) is 23.3 Å². The Morgan fingerprint density at radius 1 is 1.27 bits per heavy atom. The van der Waals surface area contributed by atoms with E-state index < -0.39 is 5.82 Å². The smallest absolute Gasteiger partial charge is 0.248 e. The molecule has 3 rings (SSSR count). The molecule has 160 valence electrons. The van der Waals surface area contributed by atoms with Crippen molar-refractivity contribution in [3.8, 4) is 11.6 Å². The molecular formula is C19H25FN8O2. The minimum atomic E-state index is -0.516. The second kappa shape index (κ2) is 9.35. The molecule has 11 heteroatoms. The molecule has 1 aromatic carbocycles. The van der Waals surface area contributed by atoms with Crippen molar-refractivity contribution in [2.45, 2.75) is 26.3 Å². The van der Waals surface area contributed by atoms with Crippen LogP contribution in [0.3, 0.4) is 0 Å². The quantitative estimate of drug-likeness (QED) is 0.414. The van der Waals surface area contributed by atoms with Crippen molar-refractivity contribution in [3.63, 3.8) is 0 Å². The molecule has 0 saturated carbocycles. The second-order valence-electron chi connectivity index (χ2n) is 7.09. The maximum absolute atomic E-state index is 14.2. The van der Waals surface area contributed by atoms with Crippen LogP contribution in [0, 0.1) is 11.7 Å². The number of nitrogens with two attached hydrogens (primary N) is 1. The Bertz CT molecular complexity index is 994. The number of halogens is 1. The van der Waals surface area contributed by atoms with Gasteiger partial charge >= 0.3 is 0 Å². The Balaban J connectivity index is 1.79. The lowest BCUT2D eigenvalue weighted by molar-refractivity contribution is 0.259. The number of aromatic nitrogens is 5. The number of hydrogen-bond acceptors (Lipinski definition) is 9. The molecule has 0 aliphatic heterocycles. The van der Waals surface area contributed by atoms with Crippen molar-refractivity contribution in [3.05, 3.63) is 36.4 Å². The molecular weight excluding hydrogens is 391 g/mol. The Kier molecular flexibility index (Phi) is 6.62. The van der Waals surface area contributed by atoms with E-state index in [1.54, 1.807) is 12.1 Å². The molecule has 3 aromatic rings. The molecule has 5 N–H and O–H groups in total. The van der Waals surface area contributed by atoms with Gasteiger partial charge in [0, 0.05) is 12.1 Å². The molecule has 2 aromatic heterocycles. The Hall–Kier alpha value is -3.47. The zero-order valence-corrected chi connectivity index (χ0v) is 17.0. The predicted octanol–water partition coefficient (Wildman–Crippen LogP) is 2.35. The van der Waals surface area contributed by atoms with Gasteiger partial charge in [-0.2, -0.15) is 9.67 Å². The van der Waals surface area contributed by atoms with Crippen molar-refractivity contribution in [2.75, 3.05) is 30.1 Å². The predicted molar refractivity (Wildman–Crippen MR) is 112 cm³/mol. The van der Waals surface area contributed by atoms with E-state index in [9.17, 15) is 9.50 Å². The number of ether oxygens (including phenoxy) is 1. The molecule has 2 heterocycles. The Morgan fingerprint density at radius 2 is 2.07 bits per heavy atom. The fourth-order valence-electron chi connectivity index (χ4n) is 2.89. The third-order valence-corrected chi connectivity index (χ3v) is 4.25. The van der Waals surface area contributed by atoms with Gasteiger partial charge in [-0.25, -0.2) is 14.4 Å². The van der Waals surface area contributed by atoms with Crippen LogP contribution in [0.2, 0.25) is 0 Å². The van der Waals surface area contributed by atoms with Gasteiger partial charge in [0.25, 0.3) is 0 Å². The minimum absolute atomic E-state index is 0.0233. The number of rotatable bonds is 9. The van der Waals surface area contributed by atoms with Gasteiger partial charge in [0.15, 0.2) is 5.82 Å². The summed E-state index contributed by atoms with van der Waals surface area (Å²) in [4.78, 5) is 12.5. The van der Waals surface area contributed by atoms with Crippen LogP contribution in [0.15, 0.2) is 30.6 Å². The van der Waals surface area contributed by atoms with Crippen LogP contribution in [-0.2, 0) is 0 Å². The number of anilines is 4. The SMILES string of the molecule is COc1ccc(Nc2nc(N)n(-c3cc(NC(CO)CC(C)C)ncn3)n2)c(F)c1. The van der Waals surface area contributed by atoms with Gasteiger partial charge in [-0.15, -0.1) is 5.10 Å². The largest absolute Gasteiger partial charge is 0.497 e. The zero-order valence-electron chi connectivity index (χ0n) is 17.0. The summed E-state index contributed by atoms with van der Waals surface area (Å²) in [6.45, 7) is 4.13. The van der Waals surface area contributed by atoms with Crippen LogP contribution in [0.1, 0.15) is 20.3 Å². The molecule has 30 heavy (non-hydrogen) atoms. The first-order valence-electron chi connectivity index (χ1n) is 9.42. The van der Waals surface area contributed by atoms with E-state index in [2.05, 4.69) is 44.5 Å². The van der Waals surface area contributed by atoms with Crippen molar-refractivity contribution in [2.24, 2.45) is 5.92 Å². The Morgan fingerprint density at radius 3 is 2.73 bits per heavy atom. The summed E-state index contributed by atoms with van der Waals surface area (Å²) in [5.41, 5.74) is 6.15. The lowest BCUT2D eigenvalue weighted by atomic mass is 10.0. The van der Waals surface area contributed by atoms with Crippen LogP contribution in [0.5, 0.6) is 5.75 Å². The van der Waals surface area contributed by atoms with Gasteiger partial charge in [0.1, 0.15) is 23.7 Å². The molecule has 0 bridgehead atoms. The summed E-state index contributed by atoms with van der Waals surface area (Å²) >= 11 is 0. The van der Waals surface area contributed by atoms with Gasteiger partial charge in [-0.1, -0.05) is 13.8 Å². The topological polar surface area (TPSA) is 136 Å². The van der Waals surface area contributed by atoms with Gasteiger partial charge in [0.2, 0.25) is 11.9 Å². The first kappa shape index (κ1) is 21.2. The van der Waals surface area contributed by atoms with Gasteiger partial charge in [0.05, 0.1) is 25.4 Å². The van der Waals surface area contributed by atoms with Crippen molar-refractivity contribution < 1.29 is 14.2 Å². The zero-order chi connectivity index (χ0) is 21.7. The number of aliphatic hydroxyl groups excluding tert-OH is 1. The van der Waals surface area contributed by atoms with Crippen LogP contribution >= 0.6 is 0 Å². The monoisotopic (exact) mass is 416 g/mol. The van der Waals surface area contributed by atoms with Crippen molar-refractivity contribution in [1.82, 2.24) is 24.7 Å². The first-order chi connectivity index (χ1) is 14.4. The number of benzene rings is 1. The average Bonchev–Trinajstić information content (AvgIpc) is 3.09. The maximum atomic E-state index is 14.2. The van der Waals surface area contributed by atoms with E-state index in [-0.39, 0.29) is 30.2 Å². The van der Waals surface area contributed by atoms with Crippen LogP contribution in [-0.4, -0.2) is 49.6 Å². The average molecular weight is 416 g/mol. The van der Waals surface area contributed by atoms with E-state index in [4.69, 9.17) is 10.5 Å². The van der Waals surface area contributed by atoms with E-state index in [0.717, 1.165) is 6.42 Å². The molecule has 0 aliphatic rings.